The molecule has 4 rings (SSSR count). The van der Waals surface area contributed by atoms with Gasteiger partial charge in [-0.3, -0.25) is 9.69 Å². The summed E-state index contributed by atoms with van der Waals surface area (Å²) in [6.07, 6.45) is 3.48. The van der Waals surface area contributed by atoms with Crippen LogP contribution in [0.4, 0.5) is 4.39 Å². The predicted octanol–water partition coefficient (Wildman–Crippen LogP) is 3.43. The van der Waals surface area contributed by atoms with E-state index in [2.05, 4.69) is 11.8 Å². The second-order valence-corrected chi connectivity index (χ2v) is 6.83. The van der Waals surface area contributed by atoms with Crippen molar-refractivity contribution >= 4 is 17.5 Å². The maximum absolute atomic E-state index is 13.2. The minimum atomic E-state index is -0.411. The standard InChI is InChI=1S/C17H22ClFN2O/c1-2-7-20-9-12-3-5-14(20)11-21(10-12)17(22)15-6-4-13(19)8-16(15)18/h4,6,8,12,14H,2-3,5,7,9-11H2,1H3/t12-,14-/m0/s1. The molecule has 3 nitrogen and oxygen atoms in total. The van der Waals surface area contributed by atoms with E-state index in [1.807, 2.05) is 4.90 Å². The van der Waals surface area contributed by atoms with Gasteiger partial charge in [-0.1, -0.05) is 18.5 Å². The first-order valence-corrected chi connectivity index (χ1v) is 8.44. The fourth-order valence-electron chi connectivity index (χ4n) is 3.74. The molecule has 22 heavy (non-hydrogen) atoms. The average molecular weight is 325 g/mol. The first-order valence-electron chi connectivity index (χ1n) is 8.07. The van der Waals surface area contributed by atoms with Crippen molar-refractivity contribution in [1.29, 1.82) is 0 Å². The van der Waals surface area contributed by atoms with Crippen LogP contribution in [0.1, 0.15) is 36.5 Å². The van der Waals surface area contributed by atoms with E-state index in [-0.39, 0.29) is 10.9 Å². The minimum absolute atomic E-state index is 0.0692. The predicted molar refractivity (Wildman–Crippen MR) is 85.7 cm³/mol. The zero-order valence-electron chi connectivity index (χ0n) is 12.9. The number of fused-ring (bicyclic) bond motifs is 4. The summed E-state index contributed by atoms with van der Waals surface area (Å²) in [5, 5.41) is 0.201. The van der Waals surface area contributed by atoms with Gasteiger partial charge >= 0.3 is 0 Å². The topological polar surface area (TPSA) is 23.6 Å². The van der Waals surface area contributed by atoms with Crippen LogP contribution in [-0.4, -0.2) is 47.9 Å². The summed E-state index contributed by atoms with van der Waals surface area (Å²) in [7, 11) is 0. The second-order valence-electron chi connectivity index (χ2n) is 6.43. The summed E-state index contributed by atoms with van der Waals surface area (Å²) >= 11 is 6.05. The van der Waals surface area contributed by atoms with Crippen LogP contribution in [0.25, 0.3) is 0 Å². The van der Waals surface area contributed by atoms with Gasteiger partial charge in [0.1, 0.15) is 5.82 Å². The molecule has 3 fully saturated rings. The monoisotopic (exact) mass is 324 g/mol. The number of piperidine rings is 1. The summed E-state index contributed by atoms with van der Waals surface area (Å²) in [6, 6.07) is 4.46. The molecule has 1 aromatic carbocycles. The minimum Gasteiger partial charge on any atom is -0.337 e. The summed E-state index contributed by atoms with van der Waals surface area (Å²) in [6.45, 7) is 5.91. The fourth-order valence-corrected chi connectivity index (χ4v) is 3.99. The van der Waals surface area contributed by atoms with E-state index in [0.717, 1.165) is 39.0 Å². The van der Waals surface area contributed by atoms with Gasteiger partial charge in [0.15, 0.2) is 0 Å². The van der Waals surface area contributed by atoms with Gasteiger partial charge in [0.25, 0.3) is 5.91 Å². The highest BCUT2D eigenvalue weighted by molar-refractivity contribution is 6.33. The first kappa shape index (κ1) is 15.8. The maximum atomic E-state index is 13.2. The van der Waals surface area contributed by atoms with Gasteiger partial charge in [-0.05, 0) is 49.9 Å². The number of halogens is 2. The Balaban J connectivity index is 1.79. The van der Waals surface area contributed by atoms with Gasteiger partial charge < -0.3 is 4.90 Å². The van der Waals surface area contributed by atoms with Gasteiger partial charge in [-0.15, -0.1) is 0 Å². The Morgan fingerprint density at radius 3 is 2.86 bits per heavy atom. The van der Waals surface area contributed by atoms with Crippen molar-refractivity contribution in [1.82, 2.24) is 9.80 Å². The number of benzene rings is 1. The summed E-state index contributed by atoms with van der Waals surface area (Å²) < 4.78 is 13.2. The van der Waals surface area contributed by atoms with Crippen LogP contribution in [0.15, 0.2) is 18.2 Å². The molecule has 120 valence electrons. The van der Waals surface area contributed by atoms with Crippen molar-refractivity contribution in [2.75, 3.05) is 26.2 Å². The Bertz CT molecular complexity index is 566. The molecule has 2 atom stereocenters. The Labute approximate surface area is 136 Å². The smallest absolute Gasteiger partial charge is 0.255 e. The quantitative estimate of drug-likeness (QED) is 0.850. The highest BCUT2D eigenvalue weighted by atomic mass is 35.5. The Hall–Kier alpha value is -1.13. The fraction of sp³-hybridized carbons (Fsp3) is 0.588. The van der Waals surface area contributed by atoms with Crippen LogP contribution >= 0.6 is 11.6 Å². The van der Waals surface area contributed by atoms with Crippen LogP contribution < -0.4 is 0 Å². The summed E-state index contributed by atoms with van der Waals surface area (Å²) in [4.78, 5) is 17.2. The third-order valence-electron chi connectivity index (χ3n) is 4.79. The molecular weight excluding hydrogens is 303 g/mol. The van der Waals surface area contributed by atoms with Crippen molar-refractivity contribution in [2.45, 2.75) is 32.2 Å². The molecule has 0 spiro atoms. The highest BCUT2D eigenvalue weighted by Crippen LogP contribution is 2.29. The van der Waals surface area contributed by atoms with Crippen LogP contribution in [0.2, 0.25) is 5.02 Å². The molecule has 5 heteroatoms. The lowest BCUT2D eigenvalue weighted by Crippen LogP contribution is -2.44. The lowest BCUT2D eigenvalue weighted by atomic mass is 9.95. The number of carbonyl (C=O) groups excluding carboxylic acids is 1. The molecule has 3 saturated heterocycles. The largest absolute Gasteiger partial charge is 0.337 e. The summed E-state index contributed by atoms with van der Waals surface area (Å²) in [5.41, 5.74) is 0.409. The van der Waals surface area contributed by atoms with Crippen LogP contribution in [-0.2, 0) is 0 Å². The molecule has 3 heterocycles. The lowest BCUT2D eigenvalue weighted by molar-refractivity contribution is 0.0738. The molecule has 0 aliphatic carbocycles. The van der Waals surface area contributed by atoms with Crippen LogP contribution in [0.5, 0.6) is 0 Å². The zero-order chi connectivity index (χ0) is 15.7. The van der Waals surface area contributed by atoms with E-state index < -0.39 is 5.82 Å². The number of hydrogen-bond acceptors (Lipinski definition) is 2. The van der Waals surface area contributed by atoms with Gasteiger partial charge in [0.05, 0.1) is 10.6 Å². The SMILES string of the molecule is CCCN1C[C@@H]2CC[C@H]1CN(C(=O)c1ccc(F)cc1Cl)C2. The van der Waals surface area contributed by atoms with E-state index >= 15 is 0 Å². The van der Waals surface area contributed by atoms with Gasteiger partial charge in [-0.25, -0.2) is 4.39 Å². The molecule has 0 saturated carbocycles. The number of rotatable bonds is 3. The molecule has 1 amide bonds. The molecule has 0 radical (unpaired) electrons. The molecular formula is C17H22ClFN2O. The molecule has 0 aromatic heterocycles. The Morgan fingerprint density at radius 1 is 1.32 bits per heavy atom. The highest BCUT2D eigenvalue weighted by Gasteiger charge is 2.36. The van der Waals surface area contributed by atoms with Crippen molar-refractivity contribution in [2.24, 2.45) is 5.92 Å². The van der Waals surface area contributed by atoms with Crippen LogP contribution in [0.3, 0.4) is 0 Å². The van der Waals surface area contributed by atoms with Crippen molar-refractivity contribution in [3.05, 3.63) is 34.6 Å². The molecule has 2 bridgehead atoms. The van der Waals surface area contributed by atoms with Crippen molar-refractivity contribution in [3.63, 3.8) is 0 Å². The molecule has 1 aromatic rings. The third kappa shape index (κ3) is 3.13. The Morgan fingerprint density at radius 2 is 2.14 bits per heavy atom. The number of carbonyl (C=O) groups is 1. The number of nitrogens with zero attached hydrogens (tertiary/aromatic N) is 2. The van der Waals surface area contributed by atoms with Gasteiger partial charge in [0.2, 0.25) is 0 Å². The van der Waals surface area contributed by atoms with E-state index in [1.165, 1.54) is 24.6 Å². The van der Waals surface area contributed by atoms with E-state index in [0.29, 0.717) is 17.5 Å². The second kappa shape index (κ2) is 6.55. The average Bonchev–Trinajstić information content (AvgIpc) is 2.79. The van der Waals surface area contributed by atoms with Crippen molar-refractivity contribution < 1.29 is 9.18 Å². The molecule has 0 N–H and O–H groups in total. The third-order valence-corrected chi connectivity index (χ3v) is 5.10. The van der Waals surface area contributed by atoms with Crippen molar-refractivity contribution in [3.8, 4) is 0 Å². The Kier molecular flexibility index (Phi) is 4.69. The summed E-state index contributed by atoms with van der Waals surface area (Å²) in [5.74, 6) is 0.0559. The van der Waals surface area contributed by atoms with Gasteiger partial charge in [0, 0.05) is 25.7 Å². The van der Waals surface area contributed by atoms with Gasteiger partial charge in [-0.2, -0.15) is 0 Å². The lowest BCUT2D eigenvalue weighted by Gasteiger charge is -2.35. The molecule has 3 aliphatic heterocycles. The maximum Gasteiger partial charge on any atom is 0.255 e. The van der Waals surface area contributed by atoms with E-state index in [9.17, 15) is 9.18 Å². The molecule has 0 unspecified atom stereocenters. The number of amides is 1. The van der Waals surface area contributed by atoms with E-state index in [1.54, 1.807) is 0 Å². The van der Waals surface area contributed by atoms with E-state index in [4.69, 9.17) is 11.6 Å². The molecule has 3 aliphatic rings. The van der Waals surface area contributed by atoms with Crippen LogP contribution in [0, 0.1) is 11.7 Å². The first-order chi connectivity index (χ1) is 10.6. The number of hydrogen-bond donors (Lipinski definition) is 0. The zero-order valence-corrected chi connectivity index (χ0v) is 13.7. The normalized spacial score (nSPS) is 25.3.